The van der Waals surface area contributed by atoms with Gasteiger partial charge in [-0.25, -0.2) is 0 Å². The van der Waals surface area contributed by atoms with E-state index >= 15 is 0 Å². The minimum Gasteiger partial charge on any atom is -0.503 e. The SMILES string of the molecule is Cc1cc(N2C(=O)C(O)=C(C(=O)c3ccco3)[C@H]2c2cccnc2)no1. The van der Waals surface area contributed by atoms with Crippen molar-refractivity contribution in [1.82, 2.24) is 10.1 Å². The molecule has 130 valence electrons. The van der Waals surface area contributed by atoms with Crippen molar-refractivity contribution in [2.24, 2.45) is 0 Å². The first-order valence-electron chi connectivity index (χ1n) is 7.76. The molecule has 0 spiro atoms. The van der Waals surface area contributed by atoms with E-state index in [-0.39, 0.29) is 17.2 Å². The molecule has 1 amide bonds. The molecule has 0 unspecified atom stereocenters. The van der Waals surface area contributed by atoms with Crippen molar-refractivity contribution in [3.8, 4) is 0 Å². The molecule has 0 saturated heterocycles. The van der Waals surface area contributed by atoms with Crippen molar-refractivity contribution in [1.29, 1.82) is 0 Å². The van der Waals surface area contributed by atoms with Crippen LogP contribution in [0, 0.1) is 6.92 Å². The molecule has 4 heterocycles. The third-order valence-electron chi connectivity index (χ3n) is 4.06. The van der Waals surface area contributed by atoms with Crippen LogP contribution in [0.1, 0.15) is 27.9 Å². The summed E-state index contributed by atoms with van der Waals surface area (Å²) in [7, 11) is 0. The molecule has 3 aromatic rings. The number of aliphatic hydroxyl groups excluding tert-OH is 1. The van der Waals surface area contributed by atoms with Crippen LogP contribution in [-0.4, -0.2) is 26.9 Å². The lowest BCUT2D eigenvalue weighted by atomic mass is 9.96. The molecular formula is C18H13N3O5. The van der Waals surface area contributed by atoms with Gasteiger partial charge < -0.3 is 14.0 Å². The van der Waals surface area contributed by atoms with Crippen LogP contribution < -0.4 is 4.90 Å². The van der Waals surface area contributed by atoms with Gasteiger partial charge in [-0.05, 0) is 30.7 Å². The summed E-state index contributed by atoms with van der Waals surface area (Å²) in [6.45, 7) is 1.68. The van der Waals surface area contributed by atoms with Gasteiger partial charge in [0.25, 0.3) is 5.91 Å². The Morgan fingerprint density at radius 1 is 1.31 bits per heavy atom. The predicted molar refractivity (Wildman–Crippen MR) is 88.4 cm³/mol. The largest absolute Gasteiger partial charge is 0.503 e. The molecule has 8 heteroatoms. The lowest BCUT2D eigenvalue weighted by molar-refractivity contribution is -0.117. The summed E-state index contributed by atoms with van der Waals surface area (Å²) in [6.07, 6.45) is 4.44. The minimum atomic E-state index is -0.904. The summed E-state index contributed by atoms with van der Waals surface area (Å²) in [5.74, 6) is -1.29. The third kappa shape index (κ3) is 2.39. The van der Waals surface area contributed by atoms with E-state index in [2.05, 4.69) is 10.1 Å². The number of aryl methyl sites for hydroxylation is 1. The molecule has 1 aliphatic rings. The number of Topliss-reactive ketones (excluding diaryl/α,β-unsaturated/α-hetero) is 1. The van der Waals surface area contributed by atoms with Gasteiger partial charge in [-0.1, -0.05) is 11.2 Å². The summed E-state index contributed by atoms with van der Waals surface area (Å²) in [4.78, 5) is 30.8. The Bertz CT molecular complexity index is 1000. The molecule has 26 heavy (non-hydrogen) atoms. The summed E-state index contributed by atoms with van der Waals surface area (Å²) >= 11 is 0. The minimum absolute atomic E-state index is 0.0198. The number of aromatic nitrogens is 2. The Morgan fingerprint density at radius 2 is 2.15 bits per heavy atom. The van der Waals surface area contributed by atoms with Crippen molar-refractivity contribution in [2.45, 2.75) is 13.0 Å². The number of hydrogen-bond acceptors (Lipinski definition) is 7. The van der Waals surface area contributed by atoms with Crippen LogP contribution in [0.15, 0.2) is 69.3 Å². The maximum Gasteiger partial charge on any atom is 0.295 e. The zero-order valence-corrected chi connectivity index (χ0v) is 13.6. The second kappa shape index (κ2) is 5.99. The van der Waals surface area contributed by atoms with Gasteiger partial charge in [-0.3, -0.25) is 19.5 Å². The molecule has 3 aromatic heterocycles. The van der Waals surface area contributed by atoms with E-state index < -0.39 is 23.5 Å². The molecule has 1 N–H and O–H groups in total. The van der Waals surface area contributed by atoms with Crippen LogP contribution in [0.25, 0.3) is 0 Å². The fourth-order valence-corrected chi connectivity index (χ4v) is 2.93. The van der Waals surface area contributed by atoms with Crippen LogP contribution in [0.5, 0.6) is 0 Å². The fraction of sp³-hybridized carbons (Fsp3) is 0.111. The van der Waals surface area contributed by atoms with E-state index in [1.807, 2.05) is 0 Å². The second-order valence-corrected chi connectivity index (χ2v) is 5.73. The van der Waals surface area contributed by atoms with E-state index in [1.165, 1.54) is 23.4 Å². The Morgan fingerprint density at radius 3 is 2.77 bits per heavy atom. The Labute approximate surface area is 147 Å². The molecule has 0 bridgehead atoms. The lowest BCUT2D eigenvalue weighted by Gasteiger charge is -2.23. The zero-order chi connectivity index (χ0) is 18.3. The number of rotatable bonds is 4. The zero-order valence-electron chi connectivity index (χ0n) is 13.6. The molecule has 4 rings (SSSR count). The number of anilines is 1. The molecule has 0 aromatic carbocycles. The van der Waals surface area contributed by atoms with E-state index in [1.54, 1.807) is 37.4 Å². The van der Waals surface area contributed by atoms with Crippen molar-refractivity contribution >= 4 is 17.5 Å². The second-order valence-electron chi connectivity index (χ2n) is 5.73. The van der Waals surface area contributed by atoms with Gasteiger partial charge in [0.05, 0.1) is 17.9 Å². The van der Waals surface area contributed by atoms with Gasteiger partial charge in [-0.2, -0.15) is 0 Å². The Kier molecular flexibility index (Phi) is 3.65. The van der Waals surface area contributed by atoms with E-state index in [0.717, 1.165) is 0 Å². The summed E-state index contributed by atoms with van der Waals surface area (Å²) in [6, 6.07) is 7.05. The first-order valence-corrected chi connectivity index (χ1v) is 7.76. The highest BCUT2D eigenvalue weighted by Gasteiger charge is 2.46. The van der Waals surface area contributed by atoms with Crippen LogP contribution in [-0.2, 0) is 4.79 Å². The number of aliphatic hydroxyl groups is 1. The van der Waals surface area contributed by atoms with Crippen molar-refractivity contribution < 1.29 is 23.6 Å². The maximum atomic E-state index is 12.9. The van der Waals surface area contributed by atoms with Gasteiger partial charge >= 0.3 is 0 Å². The summed E-state index contributed by atoms with van der Waals surface area (Å²) in [5, 5.41) is 14.3. The quantitative estimate of drug-likeness (QED) is 0.720. The Balaban J connectivity index is 1.88. The predicted octanol–water partition coefficient (Wildman–Crippen LogP) is 2.75. The van der Waals surface area contributed by atoms with Gasteiger partial charge in [0.2, 0.25) is 5.78 Å². The number of pyridine rings is 1. The van der Waals surface area contributed by atoms with Crippen LogP contribution in [0.3, 0.4) is 0 Å². The molecule has 0 fully saturated rings. The van der Waals surface area contributed by atoms with Gasteiger partial charge in [-0.15, -0.1) is 0 Å². The summed E-state index contributed by atoms with van der Waals surface area (Å²) < 4.78 is 10.2. The number of amides is 1. The first kappa shape index (κ1) is 15.8. The van der Waals surface area contributed by atoms with Crippen LogP contribution in [0.2, 0.25) is 0 Å². The summed E-state index contributed by atoms with van der Waals surface area (Å²) in [5.41, 5.74) is 0.444. The number of hydrogen-bond donors (Lipinski definition) is 1. The van der Waals surface area contributed by atoms with Crippen LogP contribution in [0.4, 0.5) is 5.82 Å². The molecular weight excluding hydrogens is 338 g/mol. The van der Waals surface area contributed by atoms with Crippen molar-refractivity contribution in [3.05, 3.63) is 77.4 Å². The molecule has 8 nitrogen and oxygen atoms in total. The standard InChI is InChI=1S/C18H13N3O5/c1-10-8-13(20-26-10)21-15(11-4-2-6-19-9-11)14(17(23)18(21)24)16(22)12-5-3-7-25-12/h2-9,15,23H,1H3/t15-/m1/s1. The Hall–Kier alpha value is -3.68. The molecule has 0 aliphatic carbocycles. The van der Waals surface area contributed by atoms with Crippen molar-refractivity contribution in [3.63, 3.8) is 0 Å². The highest BCUT2D eigenvalue weighted by Crippen LogP contribution is 2.41. The van der Waals surface area contributed by atoms with E-state index in [9.17, 15) is 14.7 Å². The average molecular weight is 351 g/mol. The number of carbonyl (C=O) groups is 2. The number of furan rings is 1. The normalized spacial score (nSPS) is 17.2. The highest BCUT2D eigenvalue weighted by molar-refractivity contribution is 6.19. The van der Waals surface area contributed by atoms with Gasteiger partial charge in [0.1, 0.15) is 5.76 Å². The highest BCUT2D eigenvalue weighted by atomic mass is 16.5. The lowest BCUT2D eigenvalue weighted by Crippen LogP contribution is -2.31. The first-order chi connectivity index (χ1) is 12.6. The number of ketones is 1. The van der Waals surface area contributed by atoms with Gasteiger partial charge in [0, 0.05) is 18.5 Å². The molecule has 0 radical (unpaired) electrons. The van der Waals surface area contributed by atoms with E-state index in [0.29, 0.717) is 11.3 Å². The molecule has 1 aliphatic heterocycles. The smallest absolute Gasteiger partial charge is 0.295 e. The number of carbonyl (C=O) groups excluding carboxylic acids is 2. The van der Waals surface area contributed by atoms with Crippen LogP contribution >= 0.6 is 0 Å². The fourth-order valence-electron chi connectivity index (χ4n) is 2.93. The monoisotopic (exact) mass is 351 g/mol. The number of nitrogens with zero attached hydrogens (tertiary/aromatic N) is 3. The molecule has 0 saturated carbocycles. The van der Waals surface area contributed by atoms with Gasteiger partial charge in [0.15, 0.2) is 17.3 Å². The maximum absolute atomic E-state index is 12.9. The van der Waals surface area contributed by atoms with Crippen molar-refractivity contribution in [2.75, 3.05) is 4.90 Å². The van der Waals surface area contributed by atoms with E-state index in [4.69, 9.17) is 8.94 Å². The average Bonchev–Trinajstić information content (AvgIpc) is 3.37. The topological polar surface area (TPSA) is 110 Å². The third-order valence-corrected chi connectivity index (χ3v) is 4.06. The molecule has 1 atom stereocenters.